The Morgan fingerprint density at radius 1 is 1.25 bits per heavy atom. The number of hydrogen-bond acceptors (Lipinski definition) is 6. The van der Waals surface area contributed by atoms with Gasteiger partial charge in [-0.2, -0.15) is 0 Å². The number of aromatic nitrogens is 1. The van der Waals surface area contributed by atoms with Crippen LogP contribution in [0, 0.1) is 0 Å². The quantitative estimate of drug-likeness (QED) is 0.495. The Kier molecular flexibility index (Phi) is 4.73. The van der Waals surface area contributed by atoms with Crippen LogP contribution in [0.25, 0.3) is 10.9 Å². The Labute approximate surface area is 148 Å². The highest BCUT2D eigenvalue weighted by atomic mass is 79.9. The molecule has 130 valence electrons. The standard InChI is InChI=1S/C14H13BrClNO7/c15-8-4(16)1-2-5-7(8)6(3-17-5)23-14-11(20)9(18)10(19)12(24-14)13(21)22/h1-3,9-12,14,17-20H,(H,21,22)/t9-,10-,11+,12-,14+/m0/s1. The van der Waals surface area contributed by atoms with Crippen LogP contribution in [0.3, 0.4) is 0 Å². The van der Waals surface area contributed by atoms with Gasteiger partial charge in [0, 0.05) is 10.7 Å². The van der Waals surface area contributed by atoms with Crippen molar-refractivity contribution in [1.82, 2.24) is 4.98 Å². The van der Waals surface area contributed by atoms with E-state index in [1.807, 2.05) is 0 Å². The van der Waals surface area contributed by atoms with Crippen molar-refractivity contribution in [3.05, 3.63) is 27.8 Å². The molecule has 5 N–H and O–H groups in total. The molecule has 3 rings (SSSR count). The molecule has 0 bridgehead atoms. The van der Waals surface area contributed by atoms with E-state index < -0.39 is 36.7 Å². The molecule has 0 amide bonds. The minimum Gasteiger partial charge on any atom is -0.479 e. The predicted molar refractivity (Wildman–Crippen MR) is 86.0 cm³/mol. The molecule has 8 nitrogen and oxygen atoms in total. The van der Waals surface area contributed by atoms with E-state index in [2.05, 4.69) is 20.9 Å². The van der Waals surface area contributed by atoms with Crippen LogP contribution in [0.4, 0.5) is 0 Å². The molecule has 2 heterocycles. The topological polar surface area (TPSA) is 132 Å². The van der Waals surface area contributed by atoms with E-state index in [0.29, 0.717) is 20.4 Å². The lowest BCUT2D eigenvalue weighted by atomic mass is 9.99. The number of H-pyrrole nitrogens is 1. The number of hydrogen-bond donors (Lipinski definition) is 5. The van der Waals surface area contributed by atoms with E-state index >= 15 is 0 Å². The maximum Gasteiger partial charge on any atom is 0.335 e. The summed E-state index contributed by atoms with van der Waals surface area (Å²) in [5, 5.41) is 39.5. The van der Waals surface area contributed by atoms with Crippen LogP contribution in [0.5, 0.6) is 5.75 Å². The first-order valence-electron chi connectivity index (χ1n) is 6.85. The van der Waals surface area contributed by atoms with Gasteiger partial charge in [-0.3, -0.25) is 0 Å². The van der Waals surface area contributed by atoms with Gasteiger partial charge in [-0.05, 0) is 28.1 Å². The van der Waals surface area contributed by atoms with Crippen molar-refractivity contribution in [3.63, 3.8) is 0 Å². The fourth-order valence-electron chi connectivity index (χ4n) is 2.49. The molecule has 1 aromatic heterocycles. The zero-order valence-electron chi connectivity index (χ0n) is 11.9. The van der Waals surface area contributed by atoms with E-state index in [1.54, 1.807) is 12.1 Å². The molecule has 1 aliphatic heterocycles. The van der Waals surface area contributed by atoms with E-state index in [1.165, 1.54) is 6.20 Å². The van der Waals surface area contributed by atoms with Crippen LogP contribution in [-0.2, 0) is 9.53 Å². The number of halogens is 2. The Balaban J connectivity index is 1.93. The van der Waals surface area contributed by atoms with Gasteiger partial charge in [0.15, 0.2) is 6.10 Å². The summed E-state index contributed by atoms with van der Waals surface area (Å²) in [6, 6.07) is 3.38. The van der Waals surface area contributed by atoms with Gasteiger partial charge < -0.3 is 34.9 Å². The molecule has 10 heteroatoms. The Morgan fingerprint density at radius 3 is 2.62 bits per heavy atom. The second-order valence-electron chi connectivity index (χ2n) is 5.29. The van der Waals surface area contributed by atoms with Crippen molar-refractivity contribution in [2.45, 2.75) is 30.7 Å². The molecule has 0 spiro atoms. The molecule has 1 saturated heterocycles. The van der Waals surface area contributed by atoms with Gasteiger partial charge in [0.1, 0.15) is 24.1 Å². The number of fused-ring (bicyclic) bond motifs is 1. The lowest BCUT2D eigenvalue weighted by molar-refractivity contribution is -0.270. The molecule has 1 aromatic carbocycles. The van der Waals surface area contributed by atoms with E-state index in [-0.39, 0.29) is 5.75 Å². The van der Waals surface area contributed by atoms with Crippen LogP contribution in [0.15, 0.2) is 22.8 Å². The number of carboxylic acids is 1. The molecule has 1 aliphatic rings. The van der Waals surface area contributed by atoms with Crippen molar-refractivity contribution in [3.8, 4) is 5.75 Å². The van der Waals surface area contributed by atoms with Crippen molar-refractivity contribution < 1.29 is 34.7 Å². The third kappa shape index (κ3) is 2.87. The summed E-state index contributed by atoms with van der Waals surface area (Å²) in [4.78, 5) is 14.0. The zero-order chi connectivity index (χ0) is 17.6. The molecule has 2 aromatic rings. The highest BCUT2D eigenvalue weighted by Gasteiger charge is 2.48. The molecule has 24 heavy (non-hydrogen) atoms. The van der Waals surface area contributed by atoms with Crippen LogP contribution in [0.1, 0.15) is 0 Å². The monoisotopic (exact) mass is 421 g/mol. The molecular formula is C14H13BrClNO7. The van der Waals surface area contributed by atoms with Gasteiger partial charge in [-0.1, -0.05) is 11.6 Å². The Bertz CT molecular complexity index is 782. The van der Waals surface area contributed by atoms with Crippen LogP contribution < -0.4 is 4.74 Å². The first-order chi connectivity index (χ1) is 11.3. The van der Waals surface area contributed by atoms with Crippen molar-refractivity contribution in [2.24, 2.45) is 0 Å². The Morgan fingerprint density at radius 2 is 1.96 bits per heavy atom. The van der Waals surface area contributed by atoms with Gasteiger partial charge in [0.25, 0.3) is 0 Å². The fourth-order valence-corrected chi connectivity index (χ4v) is 3.19. The maximum atomic E-state index is 11.1. The van der Waals surface area contributed by atoms with Crippen molar-refractivity contribution >= 4 is 44.4 Å². The molecular weight excluding hydrogens is 410 g/mol. The predicted octanol–water partition coefficient (Wildman–Crippen LogP) is 0.855. The number of aromatic amines is 1. The largest absolute Gasteiger partial charge is 0.479 e. The summed E-state index contributed by atoms with van der Waals surface area (Å²) in [6.07, 6.45) is -6.89. The van der Waals surface area contributed by atoms with Crippen LogP contribution in [-0.4, -0.2) is 62.1 Å². The highest BCUT2D eigenvalue weighted by Crippen LogP contribution is 2.38. The third-order valence-electron chi connectivity index (χ3n) is 3.76. The first kappa shape index (κ1) is 17.5. The molecule has 5 atom stereocenters. The van der Waals surface area contributed by atoms with Gasteiger partial charge in [-0.15, -0.1) is 0 Å². The summed E-state index contributed by atoms with van der Waals surface area (Å²) in [5.74, 6) is -1.25. The summed E-state index contributed by atoms with van der Waals surface area (Å²) in [5.41, 5.74) is 0.682. The number of aliphatic hydroxyl groups is 3. The van der Waals surface area contributed by atoms with Gasteiger partial charge in [0.2, 0.25) is 6.29 Å². The number of rotatable bonds is 3. The smallest absolute Gasteiger partial charge is 0.335 e. The second kappa shape index (κ2) is 6.51. The number of carboxylic acid groups (broad SMARTS) is 1. The minimum absolute atomic E-state index is 0.233. The summed E-state index contributed by atoms with van der Waals surface area (Å²) >= 11 is 9.38. The number of ether oxygens (including phenoxy) is 2. The van der Waals surface area contributed by atoms with Crippen LogP contribution in [0.2, 0.25) is 5.02 Å². The van der Waals surface area contributed by atoms with Crippen LogP contribution >= 0.6 is 27.5 Å². The number of aliphatic hydroxyl groups excluding tert-OH is 3. The third-order valence-corrected chi connectivity index (χ3v) is 5.12. The number of carbonyl (C=O) groups is 1. The Hall–Kier alpha value is -1.36. The van der Waals surface area contributed by atoms with Gasteiger partial charge >= 0.3 is 5.97 Å². The summed E-state index contributed by atoms with van der Waals surface area (Å²) in [7, 11) is 0. The molecule has 0 aliphatic carbocycles. The van der Waals surface area contributed by atoms with Gasteiger partial charge in [0.05, 0.1) is 15.9 Å². The fraction of sp³-hybridized carbons (Fsp3) is 0.357. The average Bonchev–Trinajstić information content (AvgIpc) is 2.94. The second-order valence-corrected chi connectivity index (χ2v) is 6.49. The van der Waals surface area contributed by atoms with E-state index in [9.17, 15) is 20.1 Å². The summed E-state index contributed by atoms with van der Waals surface area (Å²) in [6.45, 7) is 0. The lowest BCUT2D eigenvalue weighted by Gasteiger charge is -2.38. The van der Waals surface area contributed by atoms with Crippen molar-refractivity contribution in [2.75, 3.05) is 0 Å². The average molecular weight is 423 g/mol. The number of benzene rings is 1. The zero-order valence-corrected chi connectivity index (χ0v) is 14.2. The van der Waals surface area contributed by atoms with Gasteiger partial charge in [-0.25, -0.2) is 4.79 Å². The minimum atomic E-state index is -1.78. The highest BCUT2D eigenvalue weighted by molar-refractivity contribution is 9.10. The SMILES string of the molecule is O=C(O)[C@H]1O[C@@H](Oc2c[nH]c3ccc(Cl)c(Br)c23)[C@H](O)[C@@H](O)[C@@H]1O. The maximum absolute atomic E-state index is 11.1. The van der Waals surface area contributed by atoms with Crippen molar-refractivity contribution in [1.29, 1.82) is 0 Å². The normalized spacial score (nSPS) is 30.5. The number of aliphatic carboxylic acids is 1. The first-order valence-corrected chi connectivity index (χ1v) is 8.02. The van der Waals surface area contributed by atoms with E-state index in [4.69, 9.17) is 26.2 Å². The molecule has 1 fully saturated rings. The molecule has 0 saturated carbocycles. The van der Waals surface area contributed by atoms with E-state index in [0.717, 1.165) is 0 Å². The molecule has 0 radical (unpaired) electrons. The lowest BCUT2D eigenvalue weighted by Crippen LogP contribution is -2.61. The summed E-state index contributed by atoms with van der Waals surface area (Å²) < 4.78 is 11.2. The number of nitrogens with one attached hydrogen (secondary N) is 1. The molecule has 0 unspecified atom stereocenters.